The lowest BCUT2D eigenvalue weighted by molar-refractivity contribution is -0.138. The van der Waals surface area contributed by atoms with Gasteiger partial charge in [0, 0.05) is 30.9 Å². The number of hydrogen-bond donors (Lipinski definition) is 4. The molecule has 1 aliphatic heterocycles. The van der Waals surface area contributed by atoms with Crippen molar-refractivity contribution in [1.29, 1.82) is 0 Å². The average Bonchev–Trinajstić information content (AvgIpc) is 2.94. The summed E-state index contributed by atoms with van der Waals surface area (Å²) in [6, 6.07) is 8.39. The standard InChI is InChI=1S/C33H32O10/c1-32(38)11-17-7-16-9-21(41-4)28-26-18(6-15-8-19(40-3)10-22(42-5)25(15)30(26)37)12-33(2,39)14-23(35)43-31(28)27(16)29(36)24(17)20(34)13-32/h6-10,36-39H,11-14H2,1-5H3. The molecule has 0 amide bonds. The second-order valence-electron chi connectivity index (χ2n) is 11.9. The summed E-state index contributed by atoms with van der Waals surface area (Å²) in [5.74, 6) is -1.02. The second kappa shape index (κ2) is 9.75. The van der Waals surface area contributed by atoms with Crippen LogP contribution in [0.2, 0.25) is 0 Å². The van der Waals surface area contributed by atoms with Crippen molar-refractivity contribution in [2.75, 3.05) is 21.3 Å². The van der Waals surface area contributed by atoms with Crippen molar-refractivity contribution in [3.63, 3.8) is 0 Å². The van der Waals surface area contributed by atoms with Crippen LogP contribution in [0, 0.1) is 0 Å². The minimum absolute atomic E-state index is 0.0334. The highest BCUT2D eigenvalue weighted by atomic mass is 16.5. The van der Waals surface area contributed by atoms with E-state index in [9.17, 15) is 30.0 Å². The summed E-state index contributed by atoms with van der Waals surface area (Å²) in [5, 5.41) is 46.9. The van der Waals surface area contributed by atoms with Crippen LogP contribution in [-0.2, 0) is 17.6 Å². The topological polar surface area (TPSA) is 152 Å². The summed E-state index contributed by atoms with van der Waals surface area (Å²) in [7, 11) is 4.39. The van der Waals surface area contributed by atoms with E-state index in [0.29, 0.717) is 38.8 Å². The van der Waals surface area contributed by atoms with Crippen LogP contribution in [-0.4, -0.2) is 64.7 Å². The van der Waals surface area contributed by atoms with Crippen LogP contribution in [0.1, 0.15) is 48.2 Å². The Morgan fingerprint density at radius 2 is 1.26 bits per heavy atom. The van der Waals surface area contributed by atoms with Gasteiger partial charge >= 0.3 is 5.97 Å². The Kier molecular flexibility index (Phi) is 6.48. The van der Waals surface area contributed by atoms with Crippen LogP contribution in [0.3, 0.4) is 0 Å². The van der Waals surface area contributed by atoms with Crippen LogP contribution < -0.4 is 18.9 Å². The number of carbonyl (C=O) groups is 2. The van der Waals surface area contributed by atoms with Crippen molar-refractivity contribution in [1.82, 2.24) is 0 Å². The summed E-state index contributed by atoms with van der Waals surface area (Å²) in [6.45, 7) is 3.05. The van der Waals surface area contributed by atoms with E-state index in [1.165, 1.54) is 28.3 Å². The highest BCUT2D eigenvalue weighted by Gasteiger charge is 2.39. The van der Waals surface area contributed by atoms with E-state index in [4.69, 9.17) is 18.9 Å². The van der Waals surface area contributed by atoms with Crippen LogP contribution >= 0.6 is 0 Å². The van der Waals surface area contributed by atoms with Gasteiger partial charge in [-0.25, -0.2) is 0 Å². The fourth-order valence-electron chi connectivity index (χ4n) is 6.55. The van der Waals surface area contributed by atoms with Crippen molar-refractivity contribution in [2.24, 2.45) is 0 Å². The Balaban J connectivity index is 1.79. The molecule has 0 bridgehead atoms. The third kappa shape index (κ3) is 4.58. The first-order valence-corrected chi connectivity index (χ1v) is 13.8. The fourth-order valence-corrected chi connectivity index (χ4v) is 6.55. The molecular formula is C33H32O10. The lowest BCUT2D eigenvalue weighted by Crippen LogP contribution is -2.35. The molecule has 0 saturated heterocycles. The molecule has 10 heteroatoms. The summed E-state index contributed by atoms with van der Waals surface area (Å²) >= 11 is 0. The molecule has 10 nitrogen and oxygen atoms in total. The minimum atomic E-state index is -1.58. The first-order valence-electron chi connectivity index (χ1n) is 13.8. The third-order valence-corrected chi connectivity index (χ3v) is 8.26. The van der Waals surface area contributed by atoms with Gasteiger partial charge in [0.1, 0.15) is 28.7 Å². The van der Waals surface area contributed by atoms with E-state index in [1.54, 1.807) is 37.3 Å². The van der Waals surface area contributed by atoms with Gasteiger partial charge in [0.25, 0.3) is 0 Å². The quantitative estimate of drug-likeness (QED) is 0.198. The van der Waals surface area contributed by atoms with E-state index in [-0.39, 0.29) is 58.6 Å². The predicted molar refractivity (Wildman–Crippen MR) is 158 cm³/mol. The lowest BCUT2D eigenvalue weighted by Gasteiger charge is -2.30. The number of ketones is 1. The van der Waals surface area contributed by atoms with E-state index < -0.39 is 35.1 Å². The first kappa shape index (κ1) is 28.6. The van der Waals surface area contributed by atoms with Gasteiger partial charge in [-0.3, -0.25) is 9.59 Å². The fraction of sp³-hybridized carbons (Fsp3) is 0.333. The van der Waals surface area contributed by atoms with Crippen LogP contribution in [0.15, 0.2) is 30.3 Å². The van der Waals surface area contributed by atoms with Gasteiger partial charge in [0.15, 0.2) is 11.5 Å². The van der Waals surface area contributed by atoms with Gasteiger partial charge in [-0.15, -0.1) is 0 Å². The van der Waals surface area contributed by atoms with E-state index >= 15 is 0 Å². The molecule has 0 radical (unpaired) electrons. The van der Waals surface area contributed by atoms with Crippen LogP contribution in [0.5, 0.6) is 34.5 Å². The van der Waals surface area contributed by atoms with E-state index in [1.807, 2.05) is 0 Å². The zero-order valence-corrected chi connectivity index (χ0v) is 24.5. The maximum absolute atomic E-state index is 13.3. The molecule has 0 saturated carbocycles. The lowest BCUT2D eigenvalue weighted by atomic mass is 9.78. The number of rotatable bonds is 3. The van der Waals surface area contributed by atoms with Gasteiger partial charge < -0.3 is 39.4 Å². The maximum atomic E-state index is 13.3. The van der Waals surface area contributed by atoms with Crippen LogP contribution in [0.4, 0.5) is 0 Å². The number of benzene rings is 4. The molecule has 6 rings (SSSR count). The van der Waals surface area contributed by atoms with Crippen molar-refractivity contribution in [3.05, 3.63) is 47.0 Å². The molecule has 4 aromatic rings. The highest BCUT2D eigenvalue weighted by molar-refractivity contribution is 6.13. The van der Waals surface area contributed by atoms with Gasteiger partial charge in [0.2, 0.25) is 0 Å². The molecule has 2 atom stereocenters. The van der Waals surface area contributed by atoms with Crippen molar-refractivity contribution >= 4 is 33.3 Å². The molecule has 1 aliphatic carbocycles. The summed E-state index contributed by atoms with van der Waals surface area (Å²) in [5.41, 5.74) is -1.58. The number of aliphatic hydroxyl groups is 2. The summed E-state index contributed by atoms with van der Waals surface area (Å²) in [4.78, 5) is 26.5. The van der Waals surface area contributed by atoms with Gasteiger partial charge in [0.05, 0.1) is 60.9 Å². The Labute approximate surface area is 247 Å². The maximum Gasteiger partial charge on any atom is 0.314 e. The number of aromatic hydroxyl groups is 2. The number of hydrogen-bond acceptors (Lipinski definition) is 10. The number of fused-ring (bicyclic) bond motifs is 7. The molecule has 43 heavy (non-hydrogen) atoms. The first-order chi connectivity index (χ1) is 20.3. The number of methoxy groups -OCH3 is 3. The van der Waals surface area contributed by atoms with E-state index in [2.05, 4.69) is 0 Å². The minimum Gasteiger partial charge on any atom is -0.506 e. The molecule has 224 valence electrons. The average molecular weight is 589 g/mol. The molecule has 4 N–H and O–H groups in total. The second-order valence-corrected chi connectivity index (χ2v) is 11.9. The molecule has 1 heterocycles. The summed E-state index contributed by atoms with van der Waals surface area (Å²) < 4.78 is 22.7. The van der Waals surface area contributed by atoms with Gasteiger partial charge in [-0.05, 0) is 60.0 Å². The smallest absolute Gasteiger partial charge is 0.314 e. The molecule has 4 aromatic carbocycles. The number of esters is 1. The van der Waals surface area contributed by atoms with Crippen molar-refractivity contribution in [2.45, 2.75) is 50.7 Å². The predicted octanol–water partition coefficient (Wildman–Crippen LogP) is 4.58. The number of carbonyl (C=O) groups excluding carboxylic acids is 2. The Hall–Kier alpha value is -4.54. The van der Waals surface area contributed by atoms with Crippen LogP contribution in [0.25, 0.3) is 32.7 Å². The zero-order valence-electron chi connectivity index (χ0n) is 24.5. The van der Waals surface area contributed by atoms with Crippen molar-refractivity contribution < 1.29 is 49.0 Å². The van der Waals surface area contributed by atoms with Crippen molar-refractivity contribution in [3.8, 4) is 45.6 Å². The number of phenols is 2. The van der Waals surface area contributed by atoms with Gasteiger partial charge in [-0.1, -0.05) is 0 Å². The Bertz CT molecular complexity index is 1870. The monoisotopic (exact) mass is 588 g/mol. The summed E-state index contributed by atoms with van der Waals surface area (Å²) in [6.07, 6.45) is -0.527. The number of Topliss-reactive ketones (excluding diaryl/α,β-unsaturated/α-hetero) is 1. The van der Waals surface area contributed by atoms with Gasteiger partial charge in [-0.2, -0.15) is 0 Å². The highest BCUT2D eigenvalue weighted by Crippen LogP contribution is 2.55. The molecule has 2 aliphatic rings. The third-order valence-electron chi connectivity index (χ3n) is 8.26. The molecule has 0 fully saturated rings. The normalized spacial score (nSPS) is 21.7. The molecule has 0 aromatic heterocycles. The Morgan fingerprint density at radius 1 is 0.674 bits per heavy atom. The zero-order chi connectivity index (χ0) is 31.0. The number of phenolic OH excluding ortho intramolecular Hbond substituents is 2. The number of ether oxygens (including phenoxy) is 4. The van der Waals surface area contributed by atoms with E-state index in [0.717, 1.165) is 0 Å². The molecule has 2 unspecified atom stereocenters. The molecular weight excluding hydrogens is 556 g/mol. The largest absolute Gasteiger partial charge is 0.506 e. The molecule has 0 spiro atoms. The Morgan fingerprint density at radius 3 is 1.88 bits per heavy atom. The SMILES string of the molecule is COc1cc(OC)c2c(O)c3c(cc2c1)CC(C)(O)CC(=O)Oc1c-3c(OC)cc2cc3c(c(O)c12)C(=O)CC(C)(O)C3.